The third-order valence-electron chi connectivity index (χ3n) is 6.01. The Labute approximate surface area is 202 Å². The number of fused-ring (bicyclic) bond motifs is 2. The molecule has 0 spiro atoms. The van der Waals surface area contributed by atoms with E-state index in [0.29, 0.717) is 12.5 Å². The molecule has 2 aromatic heterocycles. The molecule has 1 aliphatic heterocycles. The molecule has 0 amide bonds. The van der Waals surface area contributed by atoms with Gasteiger partial charge in [-0.3, -0.25) is 4.57 Å². The van der Waals surface area contributed by atoms with Gasteiger partial charge in [0, 0.05) is 18.4 Å². The summed E-state index contributed by atoms with van der Waals surface area (Å²) in [6.45, 7) is 3.04. The van der Waals surface area contributed by atoms with Crippen LogP contribution in [-0.2, 0) is 6.54 Å². The zero-order valence-corrected chi connectivity index (χ0v) is 19.2. The van der Waals surface area contributed by atoms with Crippen LogP contribution in [0.2, 0.25) is 0 Å². The second-order valence-electron chi connectivity index (χ2n) is 8.37. The topological polar surface area (TPSA) is 86.1 Å². The monoisotopic (exact) mass is 464 g/mol. The molecule has 2 N–H and O–H groups in total. The predicted molar refractivity (Wildman–Crippen MR) is 135 cm³/mol. The van der Waals surface area contributed by atoms with Gasteiger partial charge < -0.3 is 20.1 Å². The molecule has 3 aromatic carbocycles. The molecule has 3 heterocycles. The molecule has 0 radical (unpaired) electrons. The minimum absolute atomic E-state index is 0.0874. The van der Waals surface area contributed by atoms with Crippen LogP contribution in [0.4, 0.5) is 11.6 Å². The highest BCUT2D eigenvalue weighted by Gasteiger charge is 2.14. The van der Waals surface area contributed by atoms with E-state index in [2.05, 4.69) is 39.7 Å². The van der Waals surface area contributed by atoms with Crippen LogP contribution < -0.4 is 20.1 Å². The van der Waals surface area contributed by atoms with E-state index in [4.69, 9.17) is 14.5 Å². The Hall–Kier alpha value is -4.59. The highest BCUT2D eigenvalue weighted by atomic mass is 16.7. The van der Waals surface area contributed by atoms with E-state index >= 15 is 0 Å². The van der Waals surface area contributed by atoms with Gasteiger partial charge in [0.05, 0.1) is 17.1 Å². The van der Waals surface area contributed by atoms with Crippen molar-refractivity contribution in [2.45, 2.75) is 19.5 Å². The lowest BCUT2D eigenvalue weighted by molar-refractivity contribution is 0.174. The molecule has 1 atom stereocenters. The number of nitrogens with one attached hydrogen (secondary N) is 2. The Kier molecular flexibility index (Phi) is 5.38. The van der Waals surface area contributed by atoms with Gasteiger partial charge in [-0.1, -0.05) is 36.4 Å². The van der Waals surface area contributed by atoms with Gasteiger partial charge in [-0.2, -0.15) is 4.98 Å². The first kappa shape index (κ1) is 21.0. The molecule has 35 heavy (non-hydrogen) atoms. The fourth-order valence-electron chi connectivity index (χ4n) is 4.13. The van der Waals surface area contributed by atoms with Crippen LogP contribution in [0, 0.1) is 0 Å². The second-order valence-corrected chi connectivity index (χ2v) is 8.37. The fraction of sp³-hybridized carbons (Fsp3) is 0.148. The van der Waals surface area contributed by atoms with Crippen LogP contribution in [0.15, 0.2) is 85.3 Å². The molecular weight excluding hydrogens is 440 g/mol. The van der Waals surface area contributed by atoms with Crippen LogP contribution in [-0.4, -0.2) is 26.3 Å². The Morgan fingerprint density at radius 1 is 0.943 bits per heavy atom. The number of hydrogen-bond acceptors (Lipinski definition) is 7. The fourth-order valence-corrected chi connectivity index (χ4v) is 4.13. The van der Waals surface area contributed by atoms with E-state index in [1.54, 1.807) is 12.5 Å². The maximum absolute atomic E-state index is 5.47. The maximum Gasteiger partial charge on any atom is 0.231 e. The summed E-state index contributed by atoms with van der Waals surface area (Å²) in [6.07, 6.45) is 3.55. The summed E-state index contributed by atoms with van der Waals surface area (Å²) >= 11 is 0. The number of rotatable bonds is 7. The first-order valence-corrected chi connectivity index (χ1v) is 11.5. The summed E-state index contributed by atoms with van der Waals surface area (Å²) in [5, 5.41) is 6.84. The van der Waals surface area contributed by atoms with Gasteiger partial charge in [-0.15, -0.1) is 0 Å². The molecule has 174 valence electrons. The summed E-state index contributed by atoms with van der Waals surface area (Å²) in [5.74, 6) is 2.91. The molecule has 0 aliphatic carbocycles. The smallest absolute Gasteiger partial charge is 0.231 e. The number of nitrogens with zero attached hydrogens (tertiary/aromatic N) is 4. The van der Waals surface area contributed by atoms with E-state index < -0.39 is 0 Å². The Morgan fingerprint density at radius 3 is 2.74 bits per heavy atom. The summed E-state index contributed by atoms with van der Waals surface area (Å²) in [5.41, 5.74) is 5.13. The van der Waals surface area contributed by atoms with Gasteiger partial charge in [-0.05, 0) is 54.4 Å². The molecule has 0 saturated carbocycles. The van der Waals surface area contributed by atoms with Crippen molar-refractivity contribution < 1.29 is 9.47 Å². The van der Waals surface area contributed by atoms with Crippen LogP contribution >= 0.6 is 0 Å². The number of hydrogen-bond donors (Lipinski definition) is 2. The third kappa shape index (κ3) is 4.33. The molecule has 8 heteroatoms. The molecule has 8 nitrogen and oxygen atoms in total. The van der Waals surface area contributed by atoms with Crippen LogP contribution in [0.25, 0.3) is 16.9 Å². The van der Waals surface area contributed by atoms with Crippen LogP contribution in [0.1, 0.15) is 24.1 Å². The van der Waals surface area contributed by atoms with Crippen molar-refractivity contribution in [2.75, 3.05) is 17.4 Å². The number of benzene rings is 3. The van der Waals surface area contributed by atoms with Crippen molar-refractivity contribution in [3.8, 4) is 17.3 Å². The molecule has 0 bridgehead atoms. The average molecular weight is 465 g/mol. The van der Waals surface area contributed by atoms with Crippen LogP contribution in [0.3, 0.4) is 0 Å². The van der Waals surface area contributed by atoms with Gasteiger partial charge in [0.25, 0.3) is 0 Å². The third-order valence-corrected chi connectivity index (χ3v) is 6.01. The first-order valence-electron chi connectivity index (χ1n) is 11.5. The Morgan fingerprint density at radius 2 is 1.83 bits per heavy atom. The Balaban J connectivity index is 1.18. The van der Waals surface area contributed by atoms with Gasteiger partial charge in [-0.25, -0.2) is 9.97 Å². The van der Waals surface area contributed by atoms with E-state index in [1.807, 2.05) is 65.2 Å². The van der Waals surface area contributed by atoms with E-state index in [-0.39, 0.29) is 12.8 Å². The van der Waals surface area contributed by atoms with E-state index in [9.17, 15) is 0 Å². The van der Waals surface area contributed by atoms with Crippen molar-refractivity contribution in [1.29, 1.82) is 0 Å². The SMILES string of the molecule is CC(Nc1nccc(-n2cnc3cc(NCc4ccc5c(c4)OCO5)ccc32)n1)c1ccccc1. The minimum Gasteiger partial charge on any atom is -0.454 e. The number of ether oxygens (including phenoxy) is 2. The number of anilines is 2. The van der Waals surface area contributed by atoms with E-state index in [1.165, 1.54) is 5.56 Å². The summed E-state index contributed by atoms with van der Waals surface area (Å²) < 4.78 is 12.8. The second kappa shape index (κ2) is 8.98. The standard InChI is InChI=1S/C27H24N6O2/c1-18(20-5-3-2-4-6-20)31-27-28-12-11-26(32-27)33-16-30-22-14-21(8-9-23(22)33)29-15-19-7-10-24-25(13-19)35-17-34-24/h2-14,16,18,29H,15,17H2,1H3,(H,28,31,32). The average Bonchev–Trinajstić information content (AvgIpc) is 3.54. The van der Waals surface area contributed by atoms with Crippen molar-refractivity contribution >= 4 is 22.7 Å². The van der Waals surface area contributed by atoms with Gasteiger partial charge in [0.1, 0.15) is 12.1 Å². The quantitative estimate of drug-likeness (QED) is 0.337. The van der Waals surface area contributed by atoms with Crippen LogP contribution in [0.5, 0.6) is 11.5 Å². The van der Waals surface area contributed by atoms with Gasteiger partial charge >= 0.3 is 0 Å². The molecular formula is C27H24N6O2. The molecule has 6 rings (SSSR count). The minimum atomic E-state index is 0.0874. The largest absolute Gasteiger partial charge is 0.454 e. The van der Waals surface area contributed by atoms with Crippen molar-refractivity contribution in [2.24, 2.45) is 0 Å². The Bertz CT molecular complexity index is 1480. The zero-order valence-electron chi connectivity index (χ0n) is 19.2. The number of imidazole rings is 1. The molecule has 1 unspecified atom stereocenters. The number of aromatic nitrogens is 4. The highest BCUT2D eigenvalue weighted by molar-refractivity contribution is 5.81. The zero-order chi connectivity index (χ0) is 23.6. The highest BCUT2D eigenvalue weighted by Crippen LogP contribution is 2.32. The maximum atomic E-state index is 5.47. The van der Waals surface area contributed by atoms with Gasteiger partial charge in [0.2, 0.25) is 12.7 Å². The van der Waals surface area contributed by atoms with Crippen molar-refractivity contribution in [3.05, 3.63) is 96.4 Å². The lowest BCUT2D eigenvalue weighted by Crippen LogP contribution is -2.10. The van der Waals surface area contributed by atoms with E-state index in [0.717, 1.165) is 39.6 Å². The predicted octanol–water partition coefficient (Wildman–Crippen LogP) is 5.33. The molecule has 1 aliphatic rings. The summed E-state index contributed by atoms with van der Waals surface area (Å²) in [4.78, 5) is 13.7. The lowest BCUT2D eigenvalue weighted by atomic mass is 10.1. The van der Waals surface area contributed by atoms with Crippen molar-refractivity contribution in [3.63, 3.8) is 0 Å². The molecule has 5 aromatic rings. The summed E-state index contributed by atoms with van der Waals surface area (Å²) in [6, 6.07) is 24.3. The normalized spacial score (nSPS) is 13.1. The first-order chi connectivity index (χ1) is 17.2. The summed E-state index contributed by atoms with van der Waals surface area (Å²) in [7, 11) is 0. The molecule has 0 fully saturated rings. The van der Waals surface area contributed by atoms with Gasteiger partial charge in [0.15, 0.2) is 11.5 Å². The van der Waals surface area contributed by atoms with Crippen molar-refractivity contribution in [1.82, 2.24) is 19.5 Å². The lowest BCUT2D eigenvalue weighted by Gasteiger charge is -2.14. The molecule has 0 saturated heterocycles.